The molecule has 0 aliphatic carbocycles. The fraction of sp³-hybridized carbons (Fsp3) is 0.286. The highest BCUT2D eigenvalue weighted by Gasteiger charge is 2.36. The molecule has 10 heteroatoms. The largest absolute Gasteiger partial charge is 0.493 e. The molecule has 0 aliphatic heterocycles. The Balaban J connectivity index is 1.88. The van der Waals surface area contributed by atoms with Crippen LogP contribution in [0.5, 0.6) is 11.5 Å². The SMILES string of the molecule is COc1ccc(N(C(=O)Cn2nnc3ccccc32)C(C(=O)NC(C)(C)C)c2ccccc2F)cc1OC. The van der Waals surface area contributed by atoms with E-state index in [1.807, 2.05) is 32.9 Å². The van der Waals surface area contributed by atoms with Crippen LogP contribution in [0.1, 0.15) is 32.4 Å². The molecule has 0 aliphatic rings. The van der Waals surface area contributed by atoms with Crippen LogP contribution >= 0.6 is 0 Å². The van der Waals surface area contributed by atoms with Gasteiger partial charge in [-0.25, -0.2) is 9.07 Å². The molecule has 0 bridgehead atoms. The second kappa shape index (κ2) is 10.9. The van der Waals surface area contributed by atoms with Crippen LogP contribution in [0.3, 0.4) is 0 Å². The third-order valence-corrected chi connectivity index (χ3v) is 5.82. The van der Waals surface area contributed by atoms with E-state index in [2.05, 4.69) is 15.6 Å². The van der Waals surface area contributed by atoms with E-state index in [0.29, 0.717) is 28.2 Å². The Labute approximate surface area is 220 Å². The molecule has 0 radical (unpaired) electrons. The number of hydrogen-bond acceptors (Lipinski definition) is 6. The van der Waals surface area contributed by atoms with Crippen molar-refractivity contribution in [3.63, 3.8) is 0 Å². The summed E-state index contributed by atoms with van der Waals surface area (Å²) in [5.74, 6) is -0.893. The highest BCUT2D eigenvalue weighted by atomic mass is 19.1. The van der Waals surface area contributed by atoms with E-state index in [4.69, 9.17) is 9.47 Å². The van der Waals surface area contributed by atoms with Crippen LogP contribution in [0.25, 0.3) is 11.0 Å². The standard InChI is InChI=1S/C28H30FN5O4/c1-28(2,3)30-27(36)26(19-10-6-7-11-20(19)29)34(18-14-15-23(37-4)24(16-18)38-5)25(35)17-33-22-13-9-8-12-21(22)31-32-33/h6-16,26H,17H2,1-5H3,(H,30,36). The zero-order valence-corrected chi connectivity index (χ0v) is 21.9. The van der Waals surface area contributed by atoms with Gasteiger partial charge in [0.2, 0.25) is 11.8 Å². The maximum Gasteiger partial charge on any atom is 0.249 e. The molecule has 1 aromatic heterocycles. The molecule has 0 spiro atoms. The van der Waals surface area contributed by atoms with Crippen molar-refractivity contribution in [2.45, 2.75) is 38.9 Å². The van der Waals surface area contributed by atoms with Gasteiger partial charge in [-0.2, -0.15) is 0 Å². The third kappa shape index (κ3) is 5.59. The normalized spacial score (nSPS) is 12.2. The fourth-order valence-corrected chi connectivity index (χ4v) is 4.18. The predicted molar refractivity (Wildman–Crippen MR) is 142 cm³/mol. The lowest BCUT2D eigenvalue weighted by molar-refractivity contribution is -0.128. The van der Waals surface area contributed by atoms with Crippen molar-refractivity contribution in [3.8, 4) is 11.5 Å². The van der Waals surface area contributed by atoms with Gasteiger partial charge in [0.15, 0.2) is 11.5 Å². The second-order valence-corrected chi connectivity index (χ2v) is 9.70. The Morgan fingerprint density at radius 2 is 1.68 bits per heavy atom. The molecule has 4 rings (SSSR count). The lowest BCUT2D eigenvalue weighted by atomic mass is 10.00. The Bertz CT molecular complexity index is 1460. The second-order valence-electron chi connectivity index (χ2n) is 9.70. The van der Waals surface area contributed by atoms with Crippen LogP contribution in [-0.2, 0) is 16.1 Å². The number of nitrogens with one attached hydrogen (secondary N) is 1. The van der Waals surface area contributed by atoms with Crippen molar-refractivity contribution in [1.29, 1.82) is 0 Å². The average Bonchev–Trinajstić information content (AvgIpc) is 3.29. The maximum absolute atomic E-state index is 15.2. The minimum absolute atomic E-state index is 0.0424. The van der Waals surface area contributed by atoms with Gasteiger partial charge in [-0.1, -0.05) is 35.5 Å². The Morgan fingerprint density at radius 1 is 1.00 bits per heavy atom. The van der Waals surface area contributed by atoms with E-state index in [1.165, 1.54) is 42.0 Å². The smallest absolute Gasteiger partial charge is 0.249 e. The summed E-state index contributed by atoms with van der Waals surface area (Å²) in [5, 5.41) is 11.1. The predicted octanol–water partition coefficient (Wildman–Crippen LogP) is 4.28. The number of aromatic nitrogens is 3. The minimum atomic E-state index is -1.34. The lowest BCUT2D eigenvalue weighted by Gasteiger charge is -2.34. The molecule has 0 fully saturated rings. The number of methoxy groups -OCH3 is 2. The van der Waals surface area contributed by atoms with Gasteiger partial charge >= 0.3 is 0 Å². The van der Waals surface area contributed by atoms with E-state index >= 15 is 4.39 Å². The summed E-state index contributed by atoms with van der Waals surface area (Å²) in [6.07, 6.45) is 0. The Kier molecular flexibility index (Phi) is 7.61. The molecule has 198 valence electrons. The maximum atomic E-state index is 15.2. The molecule has 0 saturated heterocycles. The van der Waals surface area contributed by atoms with Gasteiger partial charge in [-0.05, 0) is 51.1 Å². The number of benzene rings is 3. The van der Waals surface area contributed by atoms with Crippen LogP contribution in [0.15, 0.2) is 66.7 Å². The number of carbonyl (C=O) groups is 2. The number of amides is 2. The van der Waals surface area contributed by atoms with E-state index in [9.17, 15) is 9.59 Å². The first-order chi connectivity index (χ1) is 18.1. The van der Waals surface area contributed by atoms with Gasteiger partial charge in [-0.15, -0.1) is 5.10 Å². The number of para-hydroxylation sites is 1. The van der Waals surface area contributed by atoms with Gasteiger partial charge in [0.25, 0.3) is 0 Å². The van der Waals surface area contributed by atoms with Gasteiger partial charge in [0.1, 0.15) is 23.9 Å². The quantitative estimate of drug-likeness (QED) is 0.373. The van der Waals surface area contributed by atoms with Crippen LogP contribution in [0.4, 0.5) is 10.1 Å². The first-order valence-electron chi connectivity index (χ1n) is 12.0. The topological polar surface area (TPSA) is 98.6 Å². The summed E-state index contributed by atoms with van der Waals surface area (Å²) < 4.78 is 27.5. The highest BCUT2D eigenvalue weighted by molar-refractivity contribution is 6.02. The average molecular weight is 520 g/mol. The molecule has 2 amide bonds. The Hall–Kier alpha value is -4.47. The van der Waals surface area contributed by atoms with E-state index < -0.39 is 29.2 Å². The number of halogens is 1. The van der Waals surface area contributed by atoms with Crippen LogP contribution in [-0.4, -0.2) is 46.6 Å². The van der Waals surface area contributed by atoms with Gasteiger partial charge in [0, 0.05) is 22.9 Å². The number of carbonyl (C=O) groups excluding carboxylic acids is 2. The minimum Gasteiger partial charge on any atom is -0.493 e. The van der Waals surface area contributed by atoms with Crippen LogP contribution < -0.4 is 19.7 Å². The first-order valence-corrected chi connectivity index (χ1v) is 12.0. The third-order valence-electron chi connectivity index (χ3n) is 5.82. The summed E-state index contributed by atoms with van der Waals surface area (Å²) in [6.45, 7) is 5.19. The van der Waals surface area contributed by atoms with Crippen molar-refractivity contribution in [1.82, 2.24) is 20.3 Å². The fourth-order valence-electron chi connectivity index (χ4n) is 4.18. The number of hydrogen-bond donors (Lipinski definition) is 1. The number of ether oxygens (including phenoxy) is 2. The monoisotopic (exact) mass is 519 g/mol. The van der Waals surface area contributed by atoms with Crippen molar-refractivity contribution >= 4 is 28.5 Å². The summed E-state index contributed by atoms with van der Waals surface area (Å²) in [7, 11) is 2.96. The van der Waals surface area contributed by atoms with Crippen molar-refractivity contribution in [3.05, 3.63) is 78.1 Å². The summed E-state index contributed by atoms with van der Waals surface area (Å²) in [5.41, 5.74) is 0.980. The number of fused-ring (bicyclic) bond motifs is 1. The molecular formula is C28H30FN5O4. The number of rotatable bonds is 8. The highest BCUT2D eigenvalue weighted by Crippen LogP contribution is 2.36. The van der Waals surface area contributed by atoms with Gasteiger partial charge in [0.05, 0.1) is 19.7 Å². The van der Waals surface area contributed by atoms with E-state index in [0.717, 1.165) is 0 Å². The summed E-state index contributed by atoms with van der Waals surface area (Å²) >= 11 is 0. The Morgan fingerprint density at radius 3 is 2.37 bits per heavy atom. The molecule has 38 heavy (non-hydrogen) atoms. The van der Waals surface area contributed by atoms with Crippen molar-refractivity contribution in [2.24, 2.45) is 0 Å². The van der Waals surface area contributed by atoms with Crippen molar-refractivity contribution in [2.75, 3.05) is 19.1 Å². The molecular weight excluding hydrogens is 489 g/mol. The van der Waals surface area contributed by atoms with Gasteiger partial charge in [-0.3, -0.25) is 14.5 Å². The van der Waals surface area contributed by atoms with Crippen molar-refractivity contribution < 1.29 is 23.5 Å². The first kappa shape index (κ1) is 26.6. The summed E-state index contributed by atoms with van der Waals surface area (Å²) in [6, 6.07) is 16.6. The zero-order chi connectivity index (χ0) is 27.4. The van der Waals surface area contributed by atoms with E-state index in [-0.39, 0.29) is 12.1 Å². The number of nitrogens with zero attached hydrogens (tertiary/aromatic N) is 4. The van der Waals surface area contributed by atoms with Gasteiger partial charge < -0.3 is 14.8 Å². The zero-order valence-electron chi connectivity index (χ0n) is 21.9. The summed E-state index contributed by atoms with van der Waals surface area (Å²) in [4.78, 5) is 29.1. The lowest BCUT2D eigenvalue weighted by Crippen LogP contribution is -2.50. The molecule has 3 aromatic carbocycles. The molecule has 1 atom stereocenters. The number of anilines is 1. The molecule has 4 aromatic rings. The van der Waals surface area contributed by atoms with E-state index in [1.54, 1.807) is 36.4 Å². The molecule has 1 N–H and O–H groups in total. The molecule has 9 nitrogen and oxygen atoms in total. The molecule has 1 unspecified atom stereocenters. The molecule has 1 heterocycles. The molecule has 0 saturated carbocycles. The van der Waals surface area contributed by atoms with Crippen LogP contribution in [0, 0.1) is 5.82 Å². The van der Waals surface area contributed by atoms with Crippen LogP contribution in [0.2, 0.25) is 0 Å².